The van der Waals surface area contributed by atoms with Crippen molar-refractivity contribution >= 4 is 15.9 Å². The Bertz CT molecular complexity index is 418. The van der Waals surface area contributed by atoms with Crippen LogP contribution >= 0.6 is 15.9 Å². The van der Waals surface area contributed by atoms with Gasteiger partial charge in [0, 0.05) is 17.1 Å². The van der Waals surface area contributed by atoms with Gasteiger partial charge in [-0.1, -0.05) is 35.7 Å². The Hall–Kier alpha value is -0.980. The van der Waals surface area contributed by atoms with Crippen molar-refractivity contribution < 1.29 is 4.74 Å². The van der Waals surface area contributed by atoms with E-state index >= 15 is 0 Å². The van der Waals surface area contributed by atoms with Crippen LogP contribution in [0.1, 0.15) is 26.3 Å². The summed E-state index contributed by atoms with van der Waals surface area (Å²) >= 11 is 3.54. The van der Waals surface area contributed by atoms with E-state index in [0.717, 1.165) is 16.8 Å². The number of nitrogens with one attached hydrogen (secondary N) is 1. The molecule has 1 N–H and O–H groups in total. The molecule has 0 aliphatic heterocycles. The highest BCUT2D eigenvalue weighted by atomic mass is 79.9. The lowest BCUT2D eigenvalue weighted by atomic mass is 10.2. The van der Waals surface area contributed by atoms with Crippen LogP contribution in [-0.4, -0.2) is 12.6 Å². The Balaban J connectivity index is 2.67. The zero-order chi connectivity index (χ0) is 12.7. The van der Waals surface area contributed by atoms with E-state index in [1.807, 2.05) is 25.1 Å². The van der Waals surface area contributed by atoms with Gasteiger partial charge in [-0.05, 0) is 30.7 Å². The Morgan fingerprint density at radius 1 is 1.41 bits per heavy atom. The summed E-state index contributed by atoms with van der Waals surface area (Å²) in [4.78, 5) is 0. The third-order valence-electron chi connectivity index (χ3n) is 2.21. The van der Waals surface area contributed by atoms with Crippen molar-refractivity contribution in [3.05, 3.63) is 28.2 Å². The summed E-state index contributed by atoms with van der Waals surface area (Å²) < 4.78 is 6.62. The quantitative estimate of drug-likeness (QED) is 0.841. The van der Waals surface area contributed by atoms with E-state index in [0.29, 0.717) is 12.6 Å². The first-order chi connectivity index (χ1) is 8.13. The SMILES string of the molecule is CC#CCOc1ccc(Br)c(CNC(C)C)c1. The normalized spacial score (nSPS) is 9.94. The van der Waals surface area contributed by atoms with Crippen LogP contribution in [0.3, 0.4) is 0 Å². The molecule has 0 radical (unpaired) electrons. The van der Waals surface area contributed by atoms with E-state index in [4.69, 9.17) is 4.74 Å². The molecule has 2 nitrogen and oxygen atoms in total. The molecular weight excluding hydrogens is 278 g/mol. The molecule has 0 aliphatic rings. The molecule has 1 aromatic rings. The largest absolute Gasteiger partial charge is 0.481 e. The molecule has 0 atom stereocenters. The maximum absolute atomic E-state index is 5.53. The lowest BCUT2D eigenvalue weighted by Crippen LogP contribution is -2.22. The highest BCUT2D eigenvalue weighted by Gasteiger charge is 2.03. The van der Waals surface area contributed by atoms with Crippen LogP contribution in [-0.2, 0) is 6.54 Å². The van der Waals surface area contributed by atoms with Gasteiger partial charge in [0.15, 0.2) is 0 Å². The fourth-order valence-electron chi connectivity index (χ4n) is 1.28. The minimum atomic E-state index is 0.440. The van der Waals surface area contributed by atoms with Gasteiger partial charge in [-0.3, -0.25) is 0 Å². The molecule has 3 heteroatoms. The van der Waals surface area contributed by atoms with E-state index in [9.17, 15) is 0 Å². The number of hydrogen-bond donors (Lipinski definition) is 1. The van der Waals surface area contributed by atoms with Crippen molar-refractivity contribution in [2.75, 3.05) is 6.61 Å². The van der Waals surface area contributed by atoms with Crippen LogP contribution in [0.2, 0.25) is 0 Å². The first kappa shape index (κ1) is 14.1. The van der Waals surface area contributed by atoms with E-state index in [2.05, 4.69) is 46.9 Å². The smallest absolute Gasteiger partial charge is 0.149 e. The summed E-state index contributed by atoms with van der Waals surface area (Å²) in [5, 5.41) is 3.38. The lowest BCUT2D eigenvalue weighted by Gasteiger charge is -2.11. The molecule has 0 fully saturated rings. The molecule has 0 spiro atoms. The molecule has 0 aliphatic carbocycles. The minimum absolute atomic E-state index is 0.440. The molecule has 0 aromatic heterocycles. The second kappa shape index (κ2) is 7.37. The highest BCUT2D eigenvalue weighted by Crippen LogP contribution is 2.22. The summed E-state index contributed by atoms with van der Waals surface area (Å²) in [6.07, 6.45) is 0. The molecule has 92 valence electrons. The summed E-state index contributed by atoms with van der Waals surface area (Å²) in [6, 6.07) is 6.46. The van der Waals surface area contributed by atoms with Gasteiger partial charge in [0.05, 0.1) is 0 Å². The van der Waals surface area contributed by atoms with Crippen LogP contribution in [0.25, 0.3) is 0 Å². The van der Waals surface area contributed by atoms with Crippen LogP contribution < -0.4 is 10.1 Å². The second-order valence-corrected chi connectivity index (χ2v) is 4.86. The first-order valence-electron chi connectivity index (χ1n) is 5.67. The van der Waals surface area contributed by atoms with Crippen molar-refractivity contribution in [3.63, 3.8) is 0 Å². The zero-order valence-electron chi connectivity index (χ0n) is 10.5. The summed E-state index contributed by atoms with van der Waals surface area (Å²) in [6.45, 7) is 7.34. The Kier molecular flexibility index (Phi) is 6.10. The zero-order valence-corrected chi connectivity index (χ0v) is 12.1. The minimum Gasteiger partial charge on any atom is -0.481 e. The Labute approximate surface area is 112 Å². The third kappa shape index (κ3) is 5.25. The summed E-state index contributed by atoms with van der Waals surface area (Å²) in [5.41, 5.74) is 1.20. The monoisotopic (exact) mass is 295 g/mol. The number of benzene rings is 1. The van der Waals surface area contributed by atoms with E-state index in [-0.39, 0.29) is 0 Å². The van der Waals surface area contributed by atoms with Gasteiger partial charge in [-0.25, -0.2) is 0 Å². The average Bonchev–Trinajstić information content (AvgIpc) is 2.29. The molecule has 0 bridgehead atoms. The van der Waals surface area contributed by atoms with Crippen molar-refractivity contribution in [2.24, 2.45) is 0 Å². The molecule has 0 heterocycles. The van der Waals surface area contributed by atoms with Crippen LogP contribution in [0, 0.1) is 11.8 Å². The predicted octanol–water partition coefficient (Wildman–Crippen LogP) is 3.35. The molecule has 0 unspecified atom stereocenters. The number of rotatable bonds is 5. The van der Waals surface area contributed by atoms with E-state index in [1.54, 1.807) is 0 Å². The van der Waals surface area contributed by atoms with E-state index < -0.39 is 0 Å². The standard InChI is InChI=1S/C14H18BrNO/c1-4-5-8-17-13-6-7-14(15)12(9-13)10-16-11(2)3/h6-7,9,11,16H,8,10H2,1-3H3. The van der Waals surface area contributed by atoms with Gasteiger partial charge in [0.25, 0.3) is 0 Å². The predicted molar refractivity (Wildman–Crippen MR) is 75.1 cm³/mol. The van der Waals surface area contributed by atoms with Crippen molar-refractivity contribution in [2.45, 2.75) is 33.4 Å². The van der Waals surface area contributed by atoms with E-state index in [1.165, 1.54) is 5.56 Å². The maximum atomic E-state index is 5.53. The average molecular weight is 296 g/mol. The van der Waals surface area contributed by atoms with Gasteiger partial charge < -0.3 is 10.1 Å². The number of ether oxygens (including phenoxy) is 1. The molecule has 0 saturated heterocycles. The molecule has 1 aromatic carbocycles. The second-order valence-electron chi connectivity index (χ2n) is 4.00. The third-order valence-corrected chi connectivity index (χ3v) is 2.98. The van der Waals surface area contributed by atoms with Gasteiger partial charge in [0.2, 0.25) is 0 Å². The van der Waals surface area contributed by atoms with Crippen molar-refractivity contribution in [1.82, 2.24) is 5.32 Å². The lowest BCUT2D eigenvalue weighted by molar-refractivity contribution is 0.369. The molecule has 17 heavy (non-hydrogen) atoms. The van der Waals surface area contributed by atoms with Gasteiger partial charge >= 0.3 is 0 Å². The fraction of sp³-hybridized carbons (Fsp3) is 0.429. The molecule has 1 rings (SSSR count). The van der Waals surface area contributed by atoms with Crippen molar-refractivity contribution in [3.8, 4) is 17.6 Å². The topological polar surface area (TPSA) is 21.3 Å². The van der Waals surface area contributed by atoms with Crippen molar-refractivity contribution in [1.29, 1.82) is 0 Å². The van der Waals surface area contributed by atoms with Gasteiger partial charge in [0.1, 0.15) is 12.4 Å². The van der Waals surface area contributed by atoms with Gasteiger partial charge in [-0.15, -0.1) is 5.92 Å². The fourth-order valence-corrected chi connectivity index (χ4v) is 1.67. The first-order valence-corrected chi connectivity index (χ1v) is 6.47. The molecule has 0 saturated carbocycles. The highest BCUT2D eigenvalue weighted by molar-refractivity contribution is 9.10. The van der Waals surface area contributed by atoms with Crippen LogP contribution in [0.4, 0.5) is 0 Å². The Morgan fingerprint density at radius 2 is 2.18 bits per heavy atom. The van der Waals surface area contributed by atoms with Crippen LogP contribution in [0.5, 0.6) is 5.75 Å². The van der Waals surface area contributed by atoms with Crippen LogP contribution in [0.15, 0.2) is 22.7 Å². The molecule has 0 amide bonds. The van der Waals surface area contributed by atoms with Gasteiger partial charge in [-0.2, -0.15) is 0 Å². The summed E-state index contributed by atoms with van der Waals surface area (Å²) in [7, 11) is 0. The Morgan fingerprint density at radius 3 is 2.82 bits per heavy atom. The molecular formula is C14H18BrNO. The summed E-state index contributed by atoms with van der Waals surface area (Å²) in [5.74, 6) is 6.55. The maximum Gasteiger partial charge on any atom is 0.149 e. The number of hydrogen-bond acceptors (Lipinski definition) is 2. The number of halogens is 1.